The molecule has 3 rings (SSSR count). The highest BCUT2D eigenvalue weighted by atomic mass is 32.2. The quantitative estimate of drug-likeness (QED) is 0.849. The molecule has 1 saturated heterocycles. The molecule has 1 N–H and O–H groups in total. The zero-order valence-electron chi connectivity index (χ0n) is 12.2. The zero-order chi connectivity index (χ0) is 16.4. The Bertz CT molecular complexity index is 775. The maximum Gasteiger partial charge on any atom is 0.339 e. The Morgan fingerprint density at radius 2 is 1.96 bits per heavy atom. The zero-order valence-corrected chi connectivity index (χ0v) is 13.0. The summed E-state index contributed by atoms with van der Waals surface area (Å²) in [4.78, 5) is 10.8. The van der Waals surface area contributed by atoms with E-state index in [1.54, 1.807) is 12.7 Å². The summed E-state index contributed by atoms with van der Waals surface area (Å²) in [6, 6.07) is 1.04. The van der Waals surface area contributed by atoms with E-state index in [9.17, 15) is 13.2 Å². The van der Waals surface area contributed by atoms with Crippen LogP contribution in [0.2, 0.25) is 0 Å². The smallest absolute Gasteiger partial charge is 0.339 e. The molecule has 1 aliphatic heterocycles. The summed E-state index contributed by atoms with van der Waals surface area (Å²) in [6.45, 7) is 1.50. The molecule has 0 amide bonds. The summed E-state index contributed by atoms with van der Waals surface area (Å²) in [5.74, 6) is -0.869. The van der Waals surface area contributed by atoms with Crippen LogP contribution >= 0.6 is 0 Å². The minimum atomic E-state index is -3.79. The summed E-state index contributed by atoms with van der Waals surface area (Å²) in [5, 5.41) is 16.0. The molecule has 0 bridgehead atoms. The first-order valence-electron chi connectivity index (χ1n) is 7.11. The number of aromatic carboxylic acids is 1. The van der Waals surface area contributed by atoms with Gasteiger partial charge in [-0.15, -0.1) is 10.2 Å². The second-order valence-corrected chi connectivity index (χ2v) is 7.33. The molecule has 1 aliphatic rings. The second-order valence-electron chi connectivity index (χ2n) is 5.47. The maximum atomic E-state index is 12.5. The van der Waals surface area contributed by atoms with Crippen molar-refractivity contribution in [2.75, 3.05) is 13.1 Å². The maximum absolute atomic E-state index is 12.5. The highest BCUT2D eigenvalue weighted by Gasteiger charge is 2.32. The highest BCUT2D eigenvalue weighted by Crippen LogP contribution is 2.25. The van der Waals surface area contributed by atoms with Crippen molar-refractivity contribution in [1.29, 1.82) is 0 Å². The number of carboxylic acid groups (broad SMARTS) is 1. The van der Waals surface area contributed by atoms with Crippen LogP contribution in [0.4, 0.5) is 0 Å². The lowest BCUT2D eigenvalue weighted by Gasteiger charge is -2.30. The van der Waals surface area contributed by atoms with Crippen LogP contribution in [0.25, 0.3) is 0 Å². The molecule has 0 atom stereocenters. The standard InChI is InChI=1S/C13H16N4O5S/c18-13(19)11-5-12(22-7-11)23(20,21)17-3-1-10(2-4-17)6-16-8-14-15-9-16/h5,7-10H,1-4,6H2,(H,18,19). The van der Waals surface area contributed by atoms with Crippen molar-refractivity contribution in [3.8, 4) is 0 Å². The molecule has 0 aromatic carbocycles. The van der Waals surface area contributed by atoms with Crippen molar-refractivity contribution in [3.05, 3.63) is 30.5 Å². The molecular weight excluding hydrogens is 324 g/mol. The van der Waals surface area contributed by atoms with Gasteiger partial charge in [0.1, 0.15) is 18.9 Å². The van der Waals surface area contributed by atoms with Gasteiger partial charge in [0.25, 0.3) is 10.0 Å². The molecule has 124 valence electrons. The molecule has 0 radical (unpaired) electrons. The third-order valence-electron chi connectivity index (χ3n) is 3.93. The average Bonchev–Trinajstić information content (AvgIpc) is 3.19. The van der Waals surface area contributed by atoms with Gasteiger partial charge in [-0.25, -0.2) is 13.2 Å². The average molecular weight is 340 g/mol. The van der Waals surface area contributed by atoms with E-state index in [0.29, 0.717) is 31.8 Å². The van der Waals surface area contributed by atoms with E-state index in [4.69, 9.17) is 9.52 Å². The van der Waals surface area contributed by atoms with Crippen LogP contribution in [-0.4, -0.2) is 51.7 Å². The summed E-state index contributed by atoms with van der Waals surface area (Å²) < 4.78 is 33.1. The number of carboxylic acids is 1. The van der Waals surface area contributed by atoms with Gasteiger partial charge < -0.3 is 14.1 Å². The first kappa shape index (κ1) is 15.7. The predicted octanol–water partition coefficient (Wildman–Crippen LogP) is 0.670. The monoisotopic (exact) mass is 340 g/mol. The Kier molecular flexibility index (Phi) is 4.18. The second kappa shape index (κ2) is 6.13. The molecule has 9 nitrogen and oxygen atoms in total. The molecule has 23 heavy (non-hydrogen) atoms. The number of carbonyl (C=O) groups is 1. The molecule has 0 saturated carbocycles. The van der Waals surface area contributed by atoms with Gasteiger partial charge in [-0.3, -0.25) is 0 Å². The predicted molar refractivity (Wildman–Crippen MR) is 77.2 cm³/mol. The molecule has 0 aliphatic carbocycles. The Balaban J connectivity index is 1.64. The van der Waals surface area contributed by atoms with Crippen molar-refractivity contribution < 1.29 is 22.7 Å². The number of hydrogen-bond acceptors (Lipinski definition) is 6. The fraction of sp³-hybridized carbons (Fsp3) is 0.462. The van der Waals surface area contributed by atoms with Crippen molar-refractivity contribution in [2.24, 2.45) is 5.92 Å². The summed E-state index contributed by atoms with van der Waals surface area (Å²) in [6.07, 6.45) is 5.64. The van der Waals surface area contributed by atoms with Gasteiger partial charge >= 0.3 is 5.97 Å². The minimum absolute atomic E-state index is 0.175. The third-order valence-corrected chi connectivity index (χ3v) is 5.69. The van der Waals surface area contributed by atoms with Crippen LogP contribution in [0.3, 0.4) is 0 Å². The van der Waals surface area contributed by atoms with Gasteiger partial charge in [-0.05, 0) is 18.8 Å². The van der Waals surface area contributed by atoms with E-state index in [-0.39, 0.29) is 10.7 Å². The van der Waals surface area contributed by atoms with Gasteiger partial charge in [0.2, 0.25) is 5.09 Å². The number of piperidine rings is 1. The fourth-order valence-electron chi connectivity index (χ4n) is 2.64. The minimum Gasteiger partial charge on any atom is -0.478 e. The van der Waals surface area contributed by atoms with E-state index in [1.165, 1.54) is 4.31 Å². The summed E-state index contributed by atoms with van der Waals surface area (Å²) in [7, 11) is -3.79. The molecule has 10 heteroatoms. The van der Waals surface area contributed by atoms with Crippen LogP contribution in [0, 0.1) is 5.92 Å². The normalized spacial score (nSPS) is 17.4. The van der Waals surface area contributed by atoms with Crippen LogP contribution < -0.4 is 0 Å². The number of sulfonamides is 1. The first-order chi connectivity index (χ1) is 11.0. The van der Waals surface area contributed by atoms with E-state index in [1.807, 2.05) is 4.57 Å². The molecule has 2 aromatic rings. The van der Waals surface area contributed by atoms with Crippen LogP contribution in [0.1, 0.15) is 23.2 Å². The van der Waals surface area contributed by atoms with Crippen LogP contribution in [0.15, 0.2) is 34.5 Å². The molecule has 2 aromatic heterocycles. The van der Waals surface area contributed by atoms with E-state index in [2.05, 4.69) is 10.2 Å². The van der Waals surface area contributed by atoms with E-state index in [0.717, 1.165) is 18.9 Å². The number of rotatable bonds is 5. The lowest BCUT2D eigenvalue weighted by molar-refractivity contribution is 0.0696. The fourth-order valence-corrected chi connectivity index (χ4v) is 4.03. The molecular formula is C13H16N4O5S. The van der Waals surface area contributed by atoms with Crippen molar-refractivity contribution in [1.82, 2.24) is 19.1 Å². The summed E-state index contributed by atoms with van der Waals surface area (Å²) >= 11 is 0. The van der Waals surface area contributed by atoms with Crippen molar-refractivity contribution >= 4 is 16.0 Å². The number of aromatic nitrogens is 3. The topological polar surface area (TPSA) is 119 Å². The number of furan rings is 1. The third kappa shape index (κ3) is 3.27. The summed E-state index contributed by atoms with van der Waals surface area (Å²) in [5.41, 5.74) is -0.175. The van der Waals surface area contributed by atoms with Gasteiger partial charge in [-0.2, -0.15) is 4.31 Å². The van der Waals surface area contributed by atoms with Crippen LogP contribution in [0.5, 0.6) is 0 Å². The SMILES string of the molecule is O=C(O)c1coc(S(=O)(=O)N2CCC(Cn3cnnc3)CC2)c1. The Morgan fingerprint density at radius 3 is 2.52 bits per heavy atom. The lowest BCUT2D eigenvalue weighted by atomic mass is 9.98. The number of hydrogen-bond donors (Lipinski definition) is 1. The van der Waals surface area contributed by atoms with Gasteiger partial charge in [0, 0.05) is 25.7 Å². The van der Waals surface area contributed by atoms with Crippen LogP contribution in [-0.2, 0) is 16.6 Å². The van der Waals surface area contributed by atoms with Gasteiger partial charge in [-0.1, -0.05) is 0 Å². The van der Waals surface area contributed by atoms with E-state index < -0.39 is 16.0 Å². The Labute approximate surface area is 132 Å². The molecule has 0 spiro atoms. The van der Waals surface area contributed by atoms with Crippen molar-refractivity contribution in [2.45, 2.75) is 24.5 Å². The van der Waals surface area contributed by atoms with Crippen molar-refractivity contribution in [3.63, 3.8) is 0 Å². The molecule has 1 fully saturated rings. The Morgan fingerprint density at radius 1 is 1.30 bits per heavy atom. The van der Waals surface area contributed by atoms with Gasteiger partial charge in [0.15, 0.2) is 0 Å². The molecule has 3 heterocycles. The largest absolute Gasteiger partial charge is 0.478 e. The first-order valence-corrected chi connectivity index (χ1v) is 8.55. The van der Waals surface area contributed by atoms with E-state index >= 15 is 0 Å². The Hall–Kier alpha value is -2.20. The lowest BCUT2D eigenvalue weighted by Crippen LogP contribution is -2.39. The highest BCUT2D eigenvalue weighted by molar-refractivity contribution is 7.89. The number of nitrogens with zero attached hydrogens (tertiary/aromatic N) is 4. The molecule has 0 unspecified atom stereocenters. The van der Waals surface area contributed by atoms with Gasteiger partial charge in [0.05, 0.1) is 5.56 Å².